The van der Waals surface area contributed by atoms with E-state index in [2.05, 4.69) is 5.32 Å². The number of sulfone groups is 1. The lowest BCUT2D eigenvalue weighted by molar-refractivity contribution is -0.144. The van der Waals surface area contributed by atoms with E-state index in [1.54, 1.807) is 14.0 Å². The van der Waals surface area contributed by atoms with Crippen molar-refractivity contribution >= 4 is 15.8 Å². The van der Waals surface area contributed by atoms with Gasteiger partial charge in [0, 0.05) is 12.6 Å². The first-order valence-electron chi connectivity index (χ1n) is 6.03. The second-order valence-corrected chi connectivity index (χ2v) is 7.40. The molecule has 1 saturated heterocycles. The molecule has 0 aromatic heterocycles. The number of likely N-dealkylation sites (N-methyl/N-ethyl adjacent to an activating group) is 1. The molecule has 7 heteroatoms. The van der Waals surface area contributed by atoms with E-state index in [0.29, 0.717) is 19.4 Å². The SMILES string of the molecule is CNC(C)(CCN(C)C1CCS(=O)(=O)C1)C(=O)O. The Morgan fingerprint density at radius 3 is 2.56 bits per heavy atom. The highest BCUT2D eigenvalue weighted by atomic mass is 32.2. The van der Waals surface area contributed by atoms with Crippen LogP contribution >= 0.6 is 0 Å². The van der Waals surface area contributed by atoms with Crippen LogP contribution in [0.1, 0.15) is 19.8 Å². The van der Waals surface area contributed by atoms with Crippen molar-refractivity contribution in [2.75, 3.05) is 32.1 Å². The van der Waals surface area contributed by atoms with Gasteiger partial charge in [-0.05, 0) is 33.9 Å². The van der Waals surface area contributed by atoms with Crippen molar-refractivity contribution in [3.05, 3.63) is 0 Å². The molecule has 1 aliphatic heterocycles. The first kappa shape index (κ1) is 15.4. The molecule has 1 rings (SSSR count). The molecule has 1 aliphatic rings. The van der Waals surface area contributed by atoms with Gasteiger partial charge in [0.2, 0.25) is 0 Å². The third-order valence-corrected chi connectivity index (χ3v) is 5.57. The number of carboxylic acid groups (broad SMARTS) is 1. The van der Waals surface area contributed by atoms with Crippen LogP contribution in [0.5, 0.6) is 0 Å². The highest BCUT2D eigenvalue weighted by molar-refractivity contribution is 7.91. The molecule has 1 heterocycles. The van der Waals surface area contributed by atoms with Gasteiger partial charge in [-0.15, -0.1) is 0 Å². The van der Waals surface area contributed by atoms with Gasteiger partial charge in [-0.25, -0.2) is 8.42 Å². The van der Waals surface area contributed by atoms with Crippen LogP contribution in [-0.4, -0.2) is 68.1 Å². The molecule has 0 bridgehead atoms. The first-order chi connectivity index (χ1) is 8.20. The number of carboxylic acids is 1. The molecule has 6 nitrogen and oxygen atoms in total. The van der Waals surface area contributed by atoms with Crippen molar-refractivity contribution in [2.45, 2.75) is 31.3 Å². The number of nitrogens with zero attached hydrogens (tertiary/aromatic N) is 1. The van der Waals surface area contributed by atoms with Crippen LogP contribution in [-0.2, 0) is 14.6 Å². The van der Waals surface area contributed by atoms with Gasteiger partial charge in [0.15, 0.2) is 9.84 Å². The smallest absolute Gasteiger partial charge is 0.323 e. The van der Waals surface area contributed by atoms with Gasteiger partial charge in [0.1, 0.15) is 5.54 Å². The Hall–Kier alpha value is -0.660. The second-order valence-electron chi connectivity index (χ2n) is 5.17. The van der Waals surface area contributed by atoms with Gasteiger partial charge >= 0.3 is 5.97 Å². The van der Waals surface area contributed by atoms with E-state index in [1.807, 2.05) is 11.9 Å². The molecule has 0 spiro atoms. The van der Waals surface area contributed by atoms with Crippen LogP contribution in [0.3, 0.4) is 0 Å². The summed E-state index contributed by atoms with van der Waals surface area (Å²) in [5.74, 6) is -0.464. The molecule has 0 radical (unpaired) electrons. The molecular formula is C11H22N2O4S. The minimum Gasteiger partial charge on any atom is -0.480 e. The first-order valence-corrected chi connectivity index (χ1v) is 7.85. The largest absolute Gasteiger partial charge is 0.480 e. The fraction of sp³-hybridized carbons (Fsp3) is 0.909. The lowest BCUT2D eigenvalue weighted by Gasteiger charge is -2.29. The molecule has 0 aliphatic carbocycles. The molecule has 1 fully saturated rings. The maximum atomic E-state index is 11.4. The number of aliphatic carboxylic acids is 1. The van der Waals surface area contributed by atoms with Crippen LogP contribution < -0.4 is 5.32 Å². The zero-order valence-corrected chi connectivity index (χ0v) is 12.0. The fourth-order valence-corrected chi connectivity index (χ4v) is 3.85. The van der Waals surface area contributed by atoms with E-state index in [0.717, 1.165) is 0 Å². The summed E-state index contributed by atoms with van der Waals surface area (Å²) < 4.78 is 22.8. The molecular weight excluding hydrogens is 256 g/mol. The van der Waals surface area contributed by atoms with Crippen LogP contribution in [0, 0.1) is 0 Å². The number of hydrogen-bond acceptors (Lipinski definition) is 5. The highest BCUT2D eigenvalue weighted by Crippen LogP contribution is 2.18. The predicted molar refractivity (Wildman–Crippen MR) is 69.4 cm³/mol. The summed E-state index contributed by atoms with van der Waals surface area (Å²) in [6.07, 6.45) is 1.08. The summed E-state index contributed by atoms with van der Waals surface area (Å²) in [5, 5.41) is 11.9. The van der Waals surface area contributed by atoms with Crippen molar-refractivity contribution < 1.29 is 18.3 Å². The van der Waals surface area contributed by atoms with E-state index in [1.165, 1.54) is 0 Å². The Morgan fingerprint density at radius 2 is 2.17 bits per heavy atom. The van der Waals surface area contributed by atoms with Crippen molar-refractivity contribution in [1.82, 2.24) is 10.2 Å². The Kier molecular flexibility index (Phi) is 4.74. The van der Waals surface area contributed by atoms with Gasteiger partial charge in [-0.1, -0.05) is 0 Å². The van der Waals surface area contributed by atoms with Gasteiger partial charge in [-0.3, -0.25) is 4.79 Å². The lowest BCUT2D eigenvalue weighted by Crippen LogP contribution is -2.50. The van der Waals surface area contributed by atoms with E-state index in [-0.39, 0.29) is 17.5 Å². The Labute approximate surface area is 108 Å². The number of carbonyl (C=O) groups is 1. The van der Waals surface area contributed by atoms with Crippen molar-refractivity contribution in [3.8, 4) is 0 Å². The summed E-state index contributed by atoms with van der Waals surface area (Å²) in [5.41, 5.74) is -0.967. The molecule has 0 saturated carbocycles. The average Bonchev–Trinajstić information content (AvgIpc) is 2.65. The third kappa shape index (κ3) is 3.66. The summed E-state index contributed by atoms with van der Waals surface area (Å²) >= 11 is 0. The zero-order valence-electron chi connectivity index (χ0n) is 11.1. The maximum Gasteiger partial charge on any atom is 0.323 e. The topological polar surface area (TPSA) is 86.7 Å². The van der Waals surface area contributed by atoms with Crippen LogP contribution in [0.15, 0.2) is 0 Å². The Morgan fingerprint density at radius 1 is 1.56 bits per heavy atom. The summed E-state index contributed by atoms with van der Waals surface area (Å²) in [6, 6.07) is 0.0184. The van der Waals surface area contributed by atoms with Gasteiger partial charge < -0.3 is 15.3 Å². The normalized spacial score (nSPS) is 26.1. The molecule has 0 aromatic rings. The summed E-state index contributed by atoms with van der Waals surface area (Å²) in [4.78, 5) is 13.1. The quantitative estimate of drug-likeness (QED) is 0.685. The van der Waals surface area contributed by atoms with E-state index < -0.39 is 21.3 Å². The van der Waals surface area contributed by atoms with Gasteiger partial charge in [0.05, 0.1) is 11.5 Å². The minimum absolute atomic E-state index is 0.0184. The Bertz CT molecular complexity index is 409. The molecule has 0 aromatic carbocycles. The van der Waals surface area contributed by atoms with Crippen LogP contribution in [0.25, 0.3) is 0 Å². The van der Waals surface area contributed by atoms with E-state index >= 15 is 0 Å². The van der Waals surface area contributed by atoms with Crippen molar-refractivity contribution in [3.63, 3.8) is 0 Å². The number of rotatable bonds is 6. The van der Waals surface area contributed by atoms with E-state index in [4.69, 9.17) is 5.11 Å². The highest BCUT2D eigenvalue weighted by Gasteiger charge is 2.34. The molecule has 0 amide bonds. The third-order valence-electron chi connectivity index (χ3n) is 3.82. The number of hydrogen-bond donors (Lipinski definition) is 2. The van der Waals surface area contributed by atoms with Crippen LogP contribution in [0.4, 0.5) is 0 Å². The monoisotopic (exact) mass is 278 g/mol. The standard InChI is InChI=1S/C11H22N2O4S/c1-11(12-2,10(14)15)5-6-13(3)9-4-7-18(16,17)8-9/h9,12H,4-8H2,1-3H3,(H,14,15). The van der Waals surface area contributed by atoms with Crippen LogP contribution in [0.2, 0.25) is 0 Å². The lowest BCUT2D eigenvalue weighted by atomic mass is 9.98. The van der Waals surface area contributed by atoms with Gasteiger partial charge in [0.25, 0.3) is 0 Å². The predicted octanol–water partition coefficient (Wildman–Crippen LogP) is -0.442. The second kappa shape index (κ2) is 5.54. The zero-order chi connectivity index (χ0) is 14.0. The van der Waals surface area contributed by atoms with Crippen molar-refractivity contribution in [2.24, 2.45) is 0 Å². The fourth-order valence-electron chi connectivity index (χ4n) is 2.04. The Balaban J connectivity index is 2.51. The van der Waals surface area contributed by atoms with Crippen molar-refractivity contribution in [1.29, 1.82) is 0 Å². The minimum atomic E-state index is -2.89. The number of nitrogens with one attached hydrogen (secondary N) is 1. The molecule has 2 unspecified atom stereocenters. The average molecular weight is 278 g/mol. The molecule has 18 heavy (non-hydrogen) atoms. The van der Waals surface area contributed by atoms with Gasteiger partial charge in [-0.2, -0.15) is 0 Å². The molecule has 2 N–H and O–H groups in total. The molecule has 2 atom stereocenters. The summed E-state index contributed by atoms with van der Waals surface area (Å²) in [7, 11) is 0.580. The van der Waals surface area contributed by atoms with E-state index in [9.17, 15) is 13.2 Å². The summed E-state index contributed by atoms with van der Waals surface area (Å²) in [6.45, 7) is 2.19. The molecule has 106 valence electrons. The maximum absolute atomic E-state index is 11.4.